The molecule has 1 N–H and O–H groups in total. The minimum Gasteiger partial charge on any atom is -0.465 e. The number of carbonyl (C=O) groups excluding carboxylic acids is 1. The highest BCUT2D eigenvalue weighted by Gasteiger charge is 2.24. The Kier molecular flexibility index (Phi) is 3.13. The number of methoxy groups -OCH3 is 1. The number of H-pyrrole nitrogens is 1. The maximum absolute atomic E-state index is 13.2. The van der Waals surface area contributed by atoms with Gasteiger partial charge in [-0.15, -0.1) is 0 Å². The molecule has 0 atom stereocenters. The number of esters is 1. The summed E-state index contributed by atoms with van der Waals surface area (Å²) in [6, 6.07) is 0. The van der Waals surface area contributed by atoms with Crippen molar-refractivity contribution in [3.8, 4) is 0 Å². The van der Waals surface area contributed by atoms with Gasteiger partial charge in [0, 0.05) is 6.20 Å². The van der Waals surface area contributed by atoms with Crippen LogP contribution in [0.25, 0.3) is 0 Å². The van der Waals surface area contributed by atoms with Crippen LogP contribution in [0.4, 0.5) is 13.2 Å². The molecule has 0 saturated heterocycles. The Morgan fingerprint density at radius 3 is 2.60 bits per heavy atom. The first kappa shape index (κ1) is 11.3. The number of hydrogen-bond donors (Lipinski definition) is 1. The second-order valence-electron chi connectivity index (χ2n) is 2.55. The minimum atomic E-state index is -3.29. The Labute approximate surface area is 81.7 Å². The number of aromatic nitrogens is 1. The van der Waals surface area contributed by atoms with Gasteiger partial charge in [-0.05, 0) is 0 Å². The van der Waals surface area contributed by atoms with Crippen molar-refractivity contribution in [2.45, 2.75) is 6.43 Å². The predicted octanol–water partition coefficient (Wildman–Crippen LogP) is 1.24. The van der Waals surface area contributed by atoms with Crippen molar-refractivity contribution < 1.29 is 22.7 Å². The summed E-state index contributed by atoms with van der Waals surface area (Å²) >= 11 is 0. The maximum atomic E-state index is 13.2. The van der Waals surface area contributed by atoms with Gasteiger partial charge < -0.3 is 9.72 Å². The number of aromatic amines is 1. The number of pyridine rings is 1. The number of rotatable bonds is 2. The van der Waals surface area contributed by atoms with Crippen LogP contribution in [0.2, 0.25) is 0 Å². The molecule has 0 amide bonds. The molecule has 1 aromatic heterocycles. The number of carbonyl (C=O) groups is 1. The van der Waals surface area contributed by atoms with Gasteiger partial charge in [-0.1, -0.05) is 0 Å². The summed E-state index contributed by atoms with van der Waals surface area (Å²) in [6.07, 6.45) is -2.60. The maximum Gasteiger partial charge on any atom is 0.342 e. The van der Waals surface area contributed by atoms with Crippen LogP contribution in [0.1, 0.15) is 22.3 Å². The molecule has 0 spiro atoms. The molecule has 0 fully saturated rings. The standard InChI is InChI=1S/C8H6F3NO3/c1-15-8(14)3-2-12-7(13)4(5(3)9)6(10)11/h2,6H,1H3,(H,12,13). The summed E-state index contributed by atoms with van der Waals surface area (Å²) in [5.41, 5.74) is -3.36. The van der Waals surface area contributed by atoms with Gasteiger partial charge in [-0.3, -0.25) is 4.79 Å². The number of nitrogens with one attached hydrogen (secondary N) is 1. The third-order valence-corrected chi connectivity index (χ3v) is 1.69. The van der Waals surface area contributed by atoms with Crippen LogP contribution < -0.4 is 5.56 Å². The first-order valence-electron chi connectivity index (χ1n) is 3.76. The second kappa shape index (κ2) is 4.16. The van der Waals surface area contributed by atoms with Crippen LogP contribution in [-0.4, -0.2) is 18.1 Å². The topological polar surface area (TPSA) is 59.2 Å². The smallest absolute Gasteiger partial charge is 0.342 e. The predicted molar refractivity (Wildman–Crippen MR) is 43.3 cm³/mol. The number of hydrogen-bond acceptors (Lipinski definition) is 3. The summed E-state index contributed by atoms with van der Waals surface area (Å²) in [4.78, 5) is 23.5. The second-order valence-corrected chi connectivity index (χ2v) is 2.55. The molecule has 0 bridgehead atoms. The van der Waals surface area contributed by atoms with Gasteiger partial charge in [0.15, 0.2) is 5.82 Å². The van der Waals surface area contributed by atoms with Crippen molar-refractivity contribution in [3.63, 3.8) is 0 Å². The van der Waals surface area contributed by atoms with Crippen molar-refractivity contribution in [3.05, 3.63) is 33.5 Å². The van der Waals surface area contributed by atoms with Gasteiger partial charge in [0.25, 0.3) is 12.0 Å². The highest BCUT2D eigenvalue weighted by Crippen LogP contribution is 2.20. The molecule has 82 valence electrons. The van der Waals surface area contributed by atoms with Crippen molar-refractivity contribution >= 4 is 5.97 Å². The lowest BCUT2D eigenvalue weighted by molar-refractivity contribution is 0.0593. The molecule has 4 nitrogen and oxygen atoms in total. The number of ether oxygens (including phenoxy) is 1. The van der Waals surface area contributed by atoms with Crippen LogP contribution in [-0.2, 0) is 4.74 Å². The fourth-order valence-corrected chi connectivity index (χ4v) is 0.977. The van der Waals surface area contributed by atoms with Crippen molar-refractivity contribution in [1.82, 2.24) is 4.98 Å². The van der Waals surface area contributed by atoms with Gasteiger partial charge in [0.1, 0.15) is 11.1 Å². The van der Waals surface area contributed by atoms with E-state index in [4.69, 9.17) is 0 Å². The normalized spacial score (nSPS) is 10.5. The lowest BCUT2D eigenvalue weighted by Gasteiger charge is -2.04. The molecule has 0 saturated carbocycles. The third-order valence-electron chi connectivity index (χ3n) is 1.69. The van der Waals surface area contributed by atoms with Crippen molar-refractivity contribution in [1.29, 1.82) is 0 Å². The van der Waals surface area contributed by atoms with Crippen LogP contribution >= 0.6 is 0 Å². The summed E-state index contributed by atoms with van der Waals surface area (Å²) in [7, 11) is 0.967. The molecular weight excluding hydrogens is 215 g/mol. The van der Waals surface area contributed by atoms with E-state index >= 15 is 0 Å². The van der Waals surface area contributed by atoms with Crippen LogP contribution in [0.5, 0.6) is 0 Å². The molecular formula is C8H6F3NO3. The first-order chi connectivity index (χ1) is 6.99. The van der Waals surface area contributed by atoms with Gasteiger partial charge in [-0.25, -0.2) is 18.0 Å². The fourth-order valence-electron chi connectivity index (χ4n) is 0.977. The average Bonchev–Trinajstić information content (AvgIpc) is 2.16. The number of alkyl halides is 2. The van der Waals surface area contributed by atoms with Gasteiger partial charge in [0.05, 0.1) is 7.11 Å². The monoisotopic (exact) mass is 221 g/mol. The van der Waals surface area contributed by atoms with Crippen LogP contribution in [0.15, 0.2) is 11.0 Å². The van der Waals surface area contributed by atoms with E-state index in [9.17, 15) is 22.8 Å². The average molecular weight is 221 g/mol. The fraction of sp³-hybridized carbons (Fsp3) is 0.250. The molecule has 1 aromatic rings. The summed E-state index contributed by atoms with van der Waals surface area (Å²) in [5.74, 6) is -2.69. The Hall–Kier alpha value is -1.79. The lowest BCUT2D eigenvalue weighted by Crippen LogP contribution is -2.19. The molecule has 0 radical (unpaired) electrons. The Balaban J connectivity index is 3.41. The van der Waals surface area contributed by atoms with E-state index in [0.717, 1.165) is 7.11 Å². The zero-order valence-corrected chi connectivity index (χ0v) is 7.51. The molecule has 15 heavy (non-hydrogen) atoms. The zero-order chi connectivity index (χ0) is 11.6. The molecule has 0 aromatic carbocycles. The molecule has 7 heteroatoms. The summed E-state index contributed by atoms with van der Waals surface area (Å²) < 4.78 is 41.8. The van der Waals surface area contributed by atoms with Gasteiger partial charge in [0.2, 0.25) is 0 Å². The van der Waals surface area contributed by atoms with E-state index in [0.29, 0.717) is 6.20 Å². The van der Waals surface area contributed by atoms with Gasteiger partial charge in [-0.2, -0.15) is 0 Å². The highest BCUT2D eigenvalue weighted by atomic mass is 19.3. The van der Waals surface area contributed by atoms with Crippen molar-refractivity contribution in [2.75, 3.05) is 7.11 Å². The quantitative estimate of drug-likeness (QED) is 0.764. The Morgan fingerprint density at radius 1 is 1.53 bits per heavy atom. The lowest BCUT2D eigenvalue weighted by atomic mass is 10.2. The third kappa shape index (κ3) is 2.00. The molecule has 0 unspecified atom stereocenters. The van der Waals surface area contributed by atoms with Crippen LogP contribution in [0, 0.1) is 5.82 Å². The molecule has 0 aliphatic rings. The summed E-state index contributed by atoms with van der Waals surface area (Å²) in [6.45, 7) is 0. The van der Waals surface area contributed by atoms with E-state index in [1.807, 2.05) is 4.98 Å². The first-order valence-corrected chi connectivity index (χ1v) is 3.76. The molecule has 1 rings (SSSR count). The SMILES string of the molecule is COC(=O)c1c[nH]c(=O)c(C(F)F)c1F. The largest absolute Gasteiger partial charge is 0.465 e. The summed E-state index contributed by atoms with van der Waals surface area (Å²) in [5, 5.41) is 0. The van der Waals surface area contributed by atoms with Crippen molar-refractivity contribution in [2.24, 2.45) is 0 Å². The van der Waals surface area contributed by atoms with E-state index in [2.05, 4.69) is 4.74 Å². The van der Waals surface area contributed by atoms with E-state index in [-0.39, 0.29) is 0 Å². The van der Waals surface area contributed by atoms with E-state index in [1.165, 1.54) is 0 Å². The molecule has 0 aliphatic carbocycles. The van der Waals surface area contributed by atoms with Gasteiger partial charge >= 0.3 is 5.97 Å². The Bertz CT molecular complexity index is 441. The Morgan fingerprint density at radius 2 is 2.13 bits per heavy atom. The van der Waals surface area contributed by atoms with E-state index in [1.54, 1.807) is 0 Å². The molecule has 0 aliphatic heterocycles. The zero-order valence-electron chi connectivity index (χ0n) is 7.51. The van der Waals surface area contributed by atoms with Crippen LogP contribution in [0.3, 0.4) is 0 Å². The molecule has 1 heterocycles. The minimum absolute atomic E-state index is 0.690. The number of halogens is 3. The van der Waals surface area contributed by atoms with E-state index < -0.39 is 34.9 Å². The highest BCUT2D eigenvalue weighted by molar-refractivity contribution is 5.89.